The number of aromatic nitrogens is 1. The van der Waals surface area contributed by atoms with Gasteiger partial charge in [0, 0.05) is 49.8 Å². The van der Waals surface area contributed by atoms with Gasteiger partial charge in [0.05, 0.1) is 5.92 Å². The zero-order chi connectivity index (χ0) is 17.7. The number of nitrogens with zero attached hydrogens (tertiary/aromatic N) is 3. The van der Waals surface area contributed by atoms with E-state index in [1.807, 2.05) is 4.90 Å². The average molecular weight is 337 g/mol. The predicted octanol–water partition coefficient (Wildman–Crippen LogP) is 2.92. The van der Waals surface area contributed by atoms with Gasteiger partial charge >= 0.3 is 0 Å². The molecular formula is C21H27N3O. The molecule has 1 aliphatic carbocycles. The quantitative estimate of drug-likeness (QED) is 0.861. The molecule has 2 unspecified atom stereocenters. The molecule has 1 aromatic heterocycles. The van der Waals surface area contributed by atoms with Crippen LogP contribution in [0.2, 0.25) is 0 Å². The summed E-state index contributed by atoms with van der Waals surface area (Å²) >= 11 is 0. The molecule has 0 N–H and O–H groups in total. The summed E-state index contributed by atoms with van der Waals surface area (Å²) in [6.45, 7) is 6.48. The fraction of sp³-hybridized carbons (Fsp3) is 0.476. The summed E-state index contributed by atoms with van der Waals surface area (Å²) in [7, 11) is 4.28. The predicted molar refractivity (Wildman–Crippen MR) is 102 cm³/mol. The third kappa shape index (κ3) is 2.43. The maximum atomic E-state index is 12.9. The maximum absolute atomic E-state index is 12.9. The van der Waals surface area contributed by atoms with E-state index in [0.29, 0.717) is 6.04 Å². The molecule has 2 heterocycles. The lowest BCUT2D eigenvalue weighted by molar-refractivity contribution is -0.134. The Morgan fingerprint density at radius 2 is 2.00 bits per heavy atom. The third-order valence-corrected chi connectivity index (χ3v) is 5.97. The van der Waals surface area contributed by atoms with Crippen molar-refractivity contribution in [3.63, 3.8) is 0 Å². The van der Waals surface area contributed by atoms with Gasteiger partial charge in [-0.15, -0.1) is 0 Å². The van der Waals surface area contributed by atoms with Crippen LogP contribution in [0.25, 0.3) is 16.5 Å². The topological polar surface area (TPSA) is 28.5 Å². The second kappa shape index (κ2) is 6.03. The molecule has 2 aliphatic rings. The molecule has 4 heteroatoms. The van der Waals surface area contributed by atoms with Crippen LogP contribution in [0, 0.1) is 5.92 Å². The minimum Gasteiger partial charge on any atom is -0.350 e. The second-order valence-electron chi connectivity index (χ2n) is 7.36. The Balaban J connectivity index is 1.82. The number of hydrogen-bond acceptors (Lipinski definition) is 2. The summed E-state index contributed by atoms with van der Waals surface area (Å²) in [5.74, 6) is 0.213. The first-order valence-corrected chi connectivity index (χ1v) is 9.33. The van der Waals surface area contributed by atoms with E-state index in [4.69, 9.17) is 0 Å². The summed E-state index contributed by atoms with van der Waals surface area (Å²) in [6.07, 6.45) is 5.56. The molecule has 2 aromatic rings. The van der Waals surface area contributed by atoms with Gasteiger partial charge in [-0.1, -0.05) is 18.2 Å². The molecule has 1 amide bonds. The van der Waals surface area contributed by atoms with Crippen LogP contribution >= 0.6 is 0 Å². The first-order chi connectivity index (χ1) is 12.0. The lowest BCUT2D eigenvalue weighted by Crippen LogP contribution is -2.47. The third-order valence-electron chi connectivity index (χ3n) is 5.97. The Bertz CT molecular complexity index is 859. The van der Waals surface area contributed by atoms with Gasteiger partial charge in [0.25, 0.3) is 0 Å². The van der Waals surface area contributed by atoms with Gasteiger partial charge in [0.2, 0.25) is 5.91 Å². The summed E-state index contributed by atoms with van der Waals surface area (Å²) in [5, 5.41) is 1.37. The Morgan fingerprint density at radius 1 is 1.24 bits per heavy atom. The van der Waals surface area contributed by atoms with Gasteiger partial charge in [-0.3, -0.25) is 9.69 Å². The van der Waals surface area contributed by atoms with Crippen molar-refractivity contribution in [3.05, 3.63) is 41.6 Å². The van der Waals surface area contributed by atoms with Crippen molar-refractivity contribution in [3.8, 4) is 0 Å². The number of likely N-dealkylation sites (N-methyl/N-ethyl adjacent to an activating group) is 1. The lowest BCUT2D eigenvalue weighted by Gasteiger charge is -2.40. The Labute approximate surface area is 149 Å². The molecule has 1 aliphatic heterocycles. The van der Waals surface area contributed by atoms with Crippen LogP contribution in [0.3, 0.4) is 0 Å². The number of hydrogen-bond donors (Lipinski definition) is 0. The highest BCUT2D eigenvalue weighted by molar-refractivity contribution is 5.99. The van der Waals surface area contributed by atoms with Gasteiger partial charge in [0.15, 0.2) is 0 Å². The summed E-state index contributed by atoms with van der Waals surface area (Å²) in [4.78, 5) is 17.2. The summed E-state index contributed by atoms with van der Waals surface area (Å²) < 4.78 is 2.23. The molecule has 0 fully saturated rings. The van der Waals surface area contributed by atoms with Gasteiger partial charge in [0.1, 0.15) is 0 Å². The maximum Gasteiger partial charge on any atom is 0.230 e. The van der Waals surface area contributed by atoms with Gasteiger partial charge in [-0.2, -0.15) is 0 Å². The zero-order valence-corrected chi connectivity index (χ0v) is 15.6. The summed E-state index contributed by atoms with van der Waals surface area (Å²) in [5.41, 5.74) is 5.36. The van der Waals surface area contributed by atoms with E-state index in [-0.39, 0.29) is 11.8 Å². The van der Waals surface area contributed by atoms with Crippen molar-refractivity contribution in [2.75, 3.05) is 26.7 Å². The highest BCUT2D eigenvalue weighted by Gasteiger charge is 2.36. The molecule has 0 radical (unpaired) electrons. The molecule has 0 bridgehead atoms. The number of aryl methyl sites for hydroxylation is 1. The van der Waals surface area contributed by atoms with Crippen LogP contribution in [0.5, 0.6) is 0 Å². The Kier molecular flexibility index (Phi) is 3.95. The number of rotatable bonds is 3. The molecule has 2 atom stereocenters. The van der Waals surface area contributed by atoms with Crippen LogP contribution in [-0.4, -0.2) is 53.0 Å². The SMILES string of the molecule is CCN(CC)C(=O)C1C=C2c3cccc4c3c(cn4C)CC2N(C)C1. The lowest BCUT2D eigenvalue weighted by atomic mass is 9.79. The minimum absolute atomic E-state index is 0.0448. The number of amides is 1. The van der Waals surface area contributed by atoms with E-state index in [1.165, 1.54) is 27.6 Å². The summed E-state index contributed by atoms with van der Waals surface area (Å²) in [6, 6.07) is 6.93. The van der Waals surface area contributed by atoms with E-state index in [2.05, 4.69) is 67.9 Å². The number of carbonyl (C=O) groups excluding carboxylic acids is 1. The Morgan fingerprint density at radius 3 is 2.72 bits per heavy atom. The van der Waals surface area contributed by atoms with Crippen molar-refractivity contribution in [1.82, 2.24) is 14.4 Å². The first kappa shape index (κ1) is 16.4. The zero-order valence-electron chi connectivity index (χ0n) is 15.6. The van der Waals surface area contributed by atoms with E-state index < -0.39 is 0 Å². The Hall–Kier alpha value is -2.07. The van der Waals surface area contributed by atoms with Crippen LogP contribution < -0.4 is 0 Å². The second-order valence-corrected chi connectivity index (χ2v) is 7.36. The minimum atomic E-state index is -0.0448. The number of carbonyl (C=O) groups is 1. The molecule has 0 spiro atoms. The van der Waals surface area contributed by atoms with Gasteiger partial charge in [-0.05, 0) is 50.1 Å². The van der Waals surface area contributed by atoms with Crippen molar-refractivity contribution < 1.29 is 4.79 Å². The highest BCUT2D eigenvalue weighted by atomic mass is 16.2. The normalized spacial score (nSPS) is 22.6. The standard InChI is InChI=1S/C21H27N3O/c1-5-24(6-2)21(25)15-10-17-16-8-7-9-18-20(16)14(12-22(18)3)11-19(17)23(4)13-15/h7-10,12,15,19H,5-6,11,13H2,1-4H3. The largest absolute Gasteiger partial charge is 0.350 e. The molecule has 1 aromatic carbocycles. The fourth-order valence-corrected chi connectivity index (χ4v) is 4.65. The molecule has 0 saturated heterocycles. The van der Waals surface area contributed by atoms with Gasteiger partial charge in [-0.25, -0.2) is 0 Å². The van der Waals surface area contributed by atoms with Crippen LogP contribution in [-0.2, 0) is 18.3 Å². The number of fused-ring (bicyclic) bond motifs is 2. The average Bonchev–Trinajstić information content (AvgIpc) is 2.94. The van der Waals surface area contributed by atoms with Crippen molar-refractivity contribution in [1.29, 1.82) is 0 Å². The van der Waals surface area contributed by atoms with Gasteiger partial charge < -0.3 is 9.47 Å². The molecule has 0 saturated carbocycles. The van der Waals surface area contributed by atoms with Crippen LogP contribution in [0.15, 0.2) is 30.5 Å². The van der Waals surface area contributed by atoms with Crippen molar-refractivity contribution >= 4 is 22.4 Å². The van der Waals surface area contributed by atoms with Crippen molar-refractivity contribution in [2.45, 2.75) is 26.3 Å². The highest BCUT2D eigenvalue weighted by Crippen LogP contribution is 2.41. The molecule has 4 rings (SSSR count). The fourth-order valence-electron chi connectivity index (χ4n) is 4.65. The molecule has 132 valence electrons. The molecular weight excluding hydrogens is 310 g/mol. The molecule has 25 heavy (non-hydrogen) atoms. The first-order valence-electron chi connectivity index (χ1n) is 9.33. The number of benzene rings is 1. The van der Waals surface area contributed by atoms with E-state index in [1.54, 1.807) is 0 Å². The van der Waals surface area contributed by atoms with E-state index in [9.17, 15) is 4.79 Å². The van der Waals surface area contributed by atoms with Crippen LogP contribution in [0.4, 0.5) is 0 Å². The monoisotopic (exact) mass is 337 g/mol. The van der Waals surface area contributed by atoms with E-state index in [0.717, 1.165) is 26.1 Å². The van der Waals surface area contributed by atoms with Crippen LogP contribution in [0.1, 0.15) is 25.0 Å². The van der Waals surface area contributed by atoms with Crippen molar-refractivity contribution in [2.24, 2.45) is 13.0 Å². The smallest absolute Gasteiger partial charge is 0.230 e. The van der Waals surface area contributed by atoms with E-state index >= 15 is 0 Å². The molecule has 4 nitrogen and oxygen atoms in total.